The van der Waals surface area contributed by atoms with Crippen molar-refractivity contribution in [3.8, 4) is 5.75 Å². The van der Waals surface area contributed by atoms with Crippen LogP contribution >= 0.6 is 0 Å². The third kappa shape index (κ3) is 3.62. The number of nitrogens with one attached hydrogen (secondary N) is 1. The zero-order chi connectivity index (χ0) is 10.4. The molecule has 0 heterocycles. The highest BCUT2D eigenvalue weighted by molar-refractivity contribution is 5.26. The molecule has 0 fully saturated rings. The van der Waals surface area contributed by atoms with Crippen LogP contribution in [0.2, 0.25) is 0 Å². The van der Waals surface area contributed by atoms with Gasteiger partial charge in [0.05, 0.1) is 0 Å². The maximum Gasteiger partial charge on any atom is 0.115 e. The topological polar surface area (TPSA) is 32.3 Å². The number of rotatable bonds is 5. The second-order valence-corrected chi connectivity index (χ2v) is 3.47. The van der Waals surface area contributed by atoms with Crippen molar-refractivity contribution in [1.82, 2.24) is 5.32 Å². The SMILES string of the molecule is C=CCNC(C)Cc1ccc(O)cc1. The molecule has 1 aromatic rings. The van der Waals surface area contributed by atoms with E-state index < -0.39 is 0 Å². The highest BCUT2D eigenvalue weighted by Gasteiger charge is 2.01. The van der Waals surface area contributed by atoms with Gasteiger partial charge in [-0.1, -0.05) is 18.2 Å². The summed E-state index contributed by atoms with van der Waals surface area (Å²) in [4.78, 5) is 0. The summed E-state index contributed by atoms with van der Waals surface area (Å²) in [7, 11) is 0. The number of aromatic hydroxyl groups is 1. The molecule has 2 N–H and O–H groups in total. The molecule has 76 valence electrons. The maximum absolute atomic E-state index is 9.10. The molecule has 0 spiro atoms. The largest absolute Gasteiger partial charge is 0.508 e. The average molecular weight is 191 g/mol. The number of hydrogen-bond acceptors (Lipinski definition) is 2. The Labute approximate surface area is 85.3 Å². The summed E-state index contributed by atoms with van der Waals surface area (Å²) in [6.07, 6.45) is 2.82. The van der Waals surface area contributed by atoms with Crippen molar-refractivity contribution in [3.05, 3.63) is 42.5 Å². The van der Waals surface area contributed by atoms with Crippen LogP contribution in [0.3, 0.4) is 0 Å². The summed E-state index contributed by atoms with van der Waals surface area (Å²) in [6, 6.07) is 7.76. The summed E-state index contributed by atoms with van der Waals surface area (Å²) in [5.41, 5.74) is 1.23. The second kappa shape index (κ2) is 5.45. The lowest BCUT2D eigenvalue weighted by Gasteiger charge is -2.12. The molecular formula is C12H17NO. The zero-order valence-electron chi connectivity index (χ0n) is 8.53. The minimum absolute atomic E-state index is 0.320. The molecule has 1 unspecified atom stereocenters. The molecule has 0 amide bonds. The normalized spacial score (nSPS) is 12.4. The van der Waals surface area contributed by atoms with Crippen molar-refractivity contribution >= 4 is 0 Å². The standard InChI is InChI=1S/C12H17NO/c1-3-8-13-10(2)9-11-4-6-12(14)7-5-11/h3-7,10,13-14H,1,8-9H2,2H3. The molecule has 2 heteroatoms. The van der Waals surface area contributed by atoms with E-state index in [1.807, 2.05) is 18.2 Å². The van der Waals surface area contributed by atoms with Crippen LogP contribution in [0.5, 0.6) is 5.75 Å². The van der Waals surface area contributed by atoms with Crippen molar-refractivity contribution < 1.29 is 5.11 Å². The molecule has 0 aliphatic carbocycles. The van der Waals surface area contributed by atoms with Gasteiger partial charge in [0.15, 0.2) is 0 Å². The Bertz CT molecular complexity index is 279. The van der Waals surface area contributed by atoms with Crippen molar-refractivity contribution in [3.63, 3.8) is 0 Å². The molecule has 0 aromatic heterocycles. The first-order valence-electron chi connectivity index (χ1n) is 4.84. The van der Waals surface area contributed by atoms with Crippen LogP contribution in [0.15, 0.2) is 36.9 Å². The van der Waals surface area contributed by atoms with Crippen LogP contribution in [-0.4, -0.2) is 17.7 Å². The van der Waals surface area contributed by atoms with Crippen molar-refractivity contribution in [2.45, 2.75) is 19.4 Å². The summed E-state index contributed by atoms with van der Waals surface area (Å²) >= 11 is 0. The van der Waals surface area contributed by atoms with Gasteiger partial charge in [0.25, 0.3) is 0 Å². The lowest BCUT2D eigenvalue weighted by atomic mass is 10.1. The fourth-order valence-corrected chi connectivity index (χ4v) is 1.34. The average Bonchev–Trinajstić information content (AvgIpc) is 2.18. The molecular weight excluding hydrogens is 174 g/mol. The van der Waals surface area contributed by atoms with Crippen LogP contribution in [0.4, 0.5) is 0 Å². The zero-order valence-corrected chi connectivity index (χ0v) is 8.53. The molecule has 0 saturated heterocycles. The predicted octanol–water partition coefficient (Wildman–Crippen LogP) is 2.10. The molecule has 1 rings (SSSR count). The third-order valence-electron chi connectivity index (χ3n) is 2.09. The number of phenols is 1. The van der Waals surface area contributed by atoms with E-state index >= 15 is 0 Å². The third-order valence-corrected chi connectivity index (χ3v) is 2.09. The maximum atomic E-state index is 9.10. The molecule has 0 aliphatic heterocycles. The van der Waals surface area contributed by atoms with E-state index in [0.29, 0.717) is 11.8 Å². The summed E-state index contributed by atoms with van der Waals surface area (Å²) in [6.45, 7) is 6.62. The Hall–Kier alpha value is -1.28. The Balaban J connectivity index is 2.43. The van der Waals surface area contributed by atoms with Crippen LogP contribution in [-0.2, 0) is 6.42 Å². The molecule has 0 bridgehead atoms. The fraction of sp³-hybridized carbons (Fsp3) is 0.333. The van der Waals surface area contributed by atoms with Crippen molar-refractivity contribution in [2.75, 3.05) is 6.54 Å². The number of phenolic OH excluding ortho intramolecular Hbond substituents is 1. The number of benzene rings is 1. The summed E-state index contributed by atoms with van der Waals surface area (Å²) in [5, 5.41) is 12.4. The van der Waals surface area contributed by atoms with Gasteiger partial charge in [-0.05, 0) is 31.0 Å². The van der Waals surface area contributed by atoms with Crippen LogP contribution < -0.4 is 5.32 Å². The van der Waals surface area contributed by atoms with E-state index in [9.17, 15) is 0 Å². The van der Waals surface area contributed by atoms with Crippen molar-refractivity contribution in [2.24, 2.45) is 0 Å². The van der Waals surface area contributed by atoms with E-state index in [0.717, 1.165) is 13.0 Å². The van der Waals surface area contributed by atoms with Gasteiger partial charge >= 0.3 is 0 Å². The first kappa shape index (κ1) is 10.8. The monoisotopic (exact) mass is 191 g/mol. The summed E-state index contributed by atoms with van der Waals surface area (Å²) < 4.78 is 0. The molecule has 14 heavy (non-hydrogen) atoms. The fourth-order valence-electron chi connectivity index (χ4n) is 1.34. The van der Waals surface area contributed by atoms with E-state index in [1.165, 1.54) is 5.56 Å². The molecule has 1 atom stereocenters. The van der Waals surface area contributed by atoms with Crippen LogP contribution in [0, 0.1) is 0 Å². The Morgan fingerprint density at radius 1 is 1.43 bits per heavy atom. The second-order valence-electron chi connectivity index (χ2n) is 3.47. The van der Waals surface area contributed by atoms with Gasteiger partial charge in [0.2, 0.25) is 0 Å². The minimum Gasteiger partial charge on any atom is -0.508 e. The Morgan fingerprint density at radius 2 is 2.07 bits per heavy atom. The first-order valence-corrected chi connectivity index (χ1v) is 4.84. The van der Waals surface area contributed by atoms with Gasteiger partial charge in [-0.15, -0.1) is 6.58 Å². The van der Waals surface area contributed by atoms with E-state index in [1.54, 1.807) is 12.1 Å². The predicted molar refractivity (Wildman–Crippen MR) is 59.5 cm³/mol. The van der Waals surface area contributed by atoms with Crippen LogP contribution in [0.25, 0.3) is 0 Å². The van der Waals surface area contributed by atoms with Gasteiger partial charge in [-0.25, -0.2) is 0 Å². The molecule has 0 radical (unpaired) electrons. The molecule has 0 aliphatic rings. The molecule has 0 saturated carbocycles. The van der Waals surface area contributed by atoms with Gasteiger partial charge in [-0.3, -0.25) is 0 Å². The van der Waals surface area contributed by atoms with Gasteiger partial charge in [-0.2, -0.15) is 0 Å². The highest BCUT2D eigenvalue weighted by atomic mass is 16.3. The van der Waals surface area contributed by atoms with E-state index in [-0.39, 0.29) is 0 Å². The molecule has 1 aromatic carbocycles. The first-order chi connectivity index (χ1) is 6.72. The smallest absolute Gasteiger partial charge is 0.115 e. The van der Waals surface area contributed by atoms with Crippen molar-refractivity contribution in [1.29, 1.82) is 0 Å². The molecule has 2 nitrogen and oxygen atoms in total. The van der Waals surface area contributed by atoms with Gasteiger partial charge in [0, 0.05) is 12.6 Å². The lowest BCUT2D eigenvalue weighted by Crippen LogP contribution is -2.27. The quantitative estimate of drug-likeness (QED) is 0.698. The van der Waals surface area contributed by atoms with E-state index in [2.05, 4.69) is 18.8 Å². The lowest BCUT2D eigenvalue weighted by molar-refractivity contribution is 0.474. The minimum atomic E-state index is 0.320. The Kier molecular flexibility index (Phi) is 4.20. The van der Waals surface area contributed by atoms with Gasteiger partial charge < -0.3 is 10.4 Å². The highest BCUT2D eigenvalue weighted by Crippen LogP contribution is 2.10. The summed E-state index contributed by atoms with van der Waals surface area (Å²) in [5.74, 6) is 0.320. The van der Waals surface area contributed by atoms with Gasteiger partial charge in [0.1, 0.15) is 5.75 Å². The van der Waals surface area contributed by atoms with E-state index in [4.69, 9.17) is 5.11 Å². The van der Waals surface area contributed by atoms with Crippen LogP contribution in [0.1, 0.15) is 12.5 Å². The number of hydrogen-bond donors (Lipinski definition) is 2. The Morgan fingerprint density at radius 3 is 2.64 bits per heavy atom.